The van der Waals surface area contributed by atoms with Crippen molar-refractivity contribution in [2.24, 2.45) is 11.8 Å². The van der Waals surface area contributed by atoms with Crippen LogP contribution in [0.4, 0.5) is 0 Å². The van der Waals surface area contributed by atoms with Crippen molar-refractivity contribution in [3.63, 3.8) is 0 Å². The Bertz CT molecular complexity index is 670. The van der Waals surface area contributed by atoms with Crippen LogP contribution >= 0.6 is 23.4 Å². The van der Waals surface area contributed by atoms with Gasteiger partial charge in [0.2, 0.25) is 0 Å². The summed E-state index contributed by atoms with van der Waals surface area (Å²) >= 11 is 7.33. The van der Waals surface area contributed by atoms with Gasteiger partial charge in [-0.2, -0.15) is 0 Å². The normalized spacial score (nSPS) is 21.3. The van der Waals surface area contributed by atoms with Crippen LogP contribution in [-0.2, 0) is 11.3 Å². The number of halogens is 1. The maximum atomic E-state index is 10.8. The van der Waals surface area contributed by atoms with E-state index < -0.39 is 5.97 Å². The van der Waals surface area contributed by atoms with Gasteiger partial charge < -0.3 is 9.67 Å². The van der Waals surface area contributed by atoms with Gasteiger partial charge in [0.25, 0.3) is 0 Å². The Morgan fingerprint density at radius 2 is 2.35 bits per heavy atom. The molecule has 3 rings (SSSR count). The molecule has 0 radical (unpaired) electrons. The number of imidazole rings is 1. The fraction of sp³-hybridized carbons (Fsp3) is 0.429. The lowest BCUT2D eigenvalue weighted by Crippen LogP contribution is -2.05. The third kappa shape index (κ3) is 2.79. The third-order valence-electron chi connectivity index (χ3n) is 3.69. The van der Waals surface area contributed by atoms with Gasteiger partial charge in [-0.15, -0.1) is 0 Å². The molecule has 0 aliphatic heterocycles. The van der Waals surface area contributed by atoms with Gasteiger partial charge >= 0.3 is 5.97 Å². The van der Waals surface area contributed by atoms with Crippen LogP contribution in [0.3, 0.4) is 0 Å². The molecule has 1 fully saturated rings. The number of carboxylic acid groups (broad SMARTS) is 1. The van der Waals surface area contributed by atoms with Gasteiger partial charge in [-0.3, -0.25) is 4.79 Å². The highest BCUT2D eigenvalue weighted by Gasteiger charge is 2.33. The maximum Gasteiger partial charge on any atom is 0.313 e. The quantitative estimate of drug-likeness (QED) is 0.858. The van der Waals surface area contributed by atoms with Gasteiger partial charge in [-0.1, -0.05) is 30.3 Å². The Morgan fingerprint density at radius 1 is 1.60 bits per heavy atom. The summed E-state index contributed by atoms with van der Waals surface area (Å²) < 4.78 is 2.11. The zero-order valence-corrected chi connectivity index (χ0v) is 12.6. The number of carboxylic acids is 1. The zero-order valence-electron chi connectivity index (χ0n) is 11.0. The summed E-state index contributed by atoms with van der Waals surface area (Å²) in [4.78, 5) is 15.3. The molecule has 0 bridgehead atoms. The van der Waals surface area contributed by atoms with Crippen LogP contribution in [0.25, 0.3) is 11.0 Å². The SMILES string of the molecule is CC1CC1Cn1c(SCC(=O)O)nc2ccc(Cl)cc21. The summed E-state index contributed by atoms with van der Waals surface area (Å²) in [6.07, 6.45) is 1.23. The van der Waals surface area contributed by atoms with Crippen LogP contribution in [0.2, 0.25) is 5.02 Å². The van der Waals surface area contributed by atoms with Crippen molar-refractivity contribution in [1.29, 1.82) is 0 Å². The maximum absolute atomic E-state index is 10.8. The van der Waals surface area contributed by atoms with Gasteiger partial charge in [-0.05, 0) is 36.5 Å². The molecule has 1 heterocycles. The lowest BCUT2D eigenvalue weighted by Gasteiger charge is -2.07. The van der Waals surface area contributed by atoms with Crippen molar-refractivity contribution in [3.8, 4) is 0 Å². The summed E-state index contributed by atoms with van der Waals surface area (Å²) in [5.74, 6) is 0.600. The molecule has 1 N–H and O–H groups in total. The molecule has 106 valence electrons. The zero-order chi connectivity index (χ0) is 14.3. The van der Waals surface area contributed by atoms with Crippen molar-refractivity contribution in [1.82, 2.24) is 9.55 Å². The second-order valence-corrected chi connectivity index (χ2v) is 6.67. The Hall–Kier alpha value is -1.20. The van der Waals surface area contributed by atoms with Crippen molar-refractivity contribution in [2.75, 3.05) is 5.75 Å². The molecule has 0 amide bonds. The Balaban J connectivity index is 1.97. The molecule has 0 saturated heterocycles. The van der Waals surface area contributed by atoms with E-state index >= 15 is 0 Å². The second-order valence-electron chi connectivity index (χ2n) is 5.29. The van der Waals surface area contributed by atoms with Crippen molar-refractivity contribution in [2.45, 2.75) is 25.0 Å². The first-order valence-electron chi connectivity index (χ1n) is 6.55. The van der Waals surface area contributed by atoms with Crippen LogP contribution in [0.15, 0.2) is 23.4 Å². The van der Waals surface area contributed by atoms with E-state index in [0.29, 0.717) is 10.9 Å². The van der Waals surface area contributed by atoms with E-state index in [0.717, 1.165) is 28.7 Å². The van der Waals surface area contributed by atoms with Gasteiger partial charge in [0.1, 0.15) is 0 Å². The number of hydrogen-bond acceptors (Lipinski definition) is 3. The number of aliphatic carboxylic acids is 1. The second kappa shape index (κ2) is 5.30. The minimum absolute atomic E-state index is 0.0251. The minimum atomic E-state index is -0.827. The molecule has 2 aromatic rings. The average molecular weight is 311 g/mol. The van der Waals surface area contributed by atoms with Crippen LogP contribution < -0.4 is 0 Å². The number of hydrogen-bond donors (Lipinski definition) is 1. The van der Waals surface area contributed by atoms with Gasteiger partial charge in [0.05, 0.1) is 16.8 Å². The summed E-state index contributed by atoms with van der Waals surface area (Å²) in [7, 11) is 0. The minimum Gasteiger partial charge on any atom is -0.481 e. The van der Waals surface area contributed by atoms with E-state index in [9.17, 15) is 4.79 Å². The van der Waals surface area contributed by atoms with Gasteiger partial charge in [0.15, 0.2) is 5.16 Å². The molecule has 1 saturated carbocycles. The number of rotatable bonds is 5. The summed E-state index contributed by atoms with van der Waals surface area (Å²) in [6, 6.07) is 5.60. The van der Waals surface area contributed by atoms with Crippen molar-refractivity contribution in [3.05, 3.63) is 23.2 Å². The van der Waals surface area contributed by atoms with Crippen molar-refractivity contribution >= 4 is 40.4 Å². The van der Waals surface area contributed by atoms with Crippen molar-refractivity contribution < 1.29 is 9.90 Å². The van der Waals surface area contributed by atoms with Gasteiger partial charge in [0, 0.05) is 11.6 Å². The van der Waals surface area contributed by atoms with E-state index in [-0.39, 0.29) is 5.75 Å². The first-order valence-corrected chi connectivity index (χ1v) is 7.91. The number of thioether (sulfide) groups is 1. The van der Waals surface area contributed by atoms with Gasteiger partial charge in [-0.25, -0.2) is 4.98 Å². The molecule has 1 aliphatic carbocycles. The number of benzene rings is 1. The first kappa shape index (κ1) is 13.8. The first-order chi connectivity index (χ1) is 9.54. The Labute approximate surface area is 126 Å². The van der Waals surface area contributed by atoms with E-state index in [1.54, 1.807) is 0 Å². The number of aromatic nitrogens is 2. The largest absolute Gasteiger partial charge is 0.481 e. The fourth-order valence-corrected chi connectivity index (χ4v) is 3.29. The third-order valence-corrected chi connectivity index (χ3v) is 4.89. The van der Waals surface area contributed by atoms with E-state index in [2.05, 4.69) is 16.5 Å². The molecule has 1 aliphatic rings. The highest BCUT2D eigenvalue weighted by atomic mass is 35.5. The molecule has 6 heteroatoms. The monoisotopic (exact) mass is 310 g/mol. The standard InChI is InChI=1S/C14H15ClN2O2S/c1-8-4-9(8)6-17-12-5-10(15)2-3-11(12)16-14(17)20-7-13(18)19/h2-3,5,8-9H,4,6-7H2,1H3,(H,18,19). The molecule has 4 nitrogen and oxygen atoms in total. The summed E-state index contributed by atoms with van der Waals surface area (Å²) in [5.41, 5.74) is 1.86. The lowest BCUT2D eigenvalue weighted by molar-refractivity contribution is -0.133. The number of nitrogens with zero attached hydrogens (tertiary/aromatic N) is 2. The number of carbonyl (C=O) groups is 1. The molecule has 0 spiro atoms. The highest BCUT2D eigenvalue weighted by molar-refractivity contribution is 7.99. The predicted octanol–water partition coefficient (Wildman–Crippen LogP) is 3.52. The fourth-order valence-electron chi connectivity index (χ4n) is 2.37. The molecule has 1 aromatic carbocycles. The van der Waals surface area contributed by atoms with Crippen LogP contribution in [-0.4, -0.2) is 26.4 Å². The summed E-state index contributed by atoms with van der Waals surface area (Å²) in [6.45, 7) is 3.13. The van der Waals surface area contributed by atoms with Crippen LogP contribution in [0.1, 0.15) is 13.3 Å². The Kier molecular flexibility index (Phi) is 3.65. The molecule has 2 atom stereocenters. The Morgan fingerprint density at radius 3 is 3.00 bits per heavy atom. The van der Waals surface area contributed by atoms with E-state index in [1.807, 2.05) is 18.2 Å². The predicted molar refractivity (Wildman–Crippen MR) is 80.4 cm³/mol. The molecular weight excluding hydrogens is 296 g/mol. The smallest absolute Gasteiger partial charge is 0.313 e. The van der Waals surface area contributed by atoms with E-state index in [1.165, 1.54) is 18.2 Å². The average Bonchev–Trinajstić information content (AvgIpc) is 2.97. The molecule has 20 heavy (non-hydrogen) atoms. The highest BCUT2D eigenvalue weighted by Crippen LogP contribution is 2.40. The van der Waals surface area contributed by atoms with Crippen LogP contribution in [0, 0.1) is 11.8 Å². The topological polar surface area (TPSA) is 55.1 Å². The molecular formula is C14H15ClN2O2S. The van der Waals surface area contributed by atoms with Crippen LogP contribution in [0.5, 0.6) is 0 Å². The number of fused-ring (bicyclic) bond motifs is 1. The molecule has 2 unspecified atom stereocenters. The molecule has 1 aromatic heterocycles. The summed E-state index contributed by atoms with van der Waals surface area (Å²) in [5, 5.41) is 10.3. The van der Waals surface area contributed by atoms with E-state index in [4.69, 9.17) is 16.7 Å². The lowest BCUT2D eigenvalue weighted by atomic mass is 10.3.